The molecule has 35 heavy (non-hydrogen) atoms. The highest BCUT2D eigenvalue weighted by Gasteiger charge is 2.70. The van der Waals surface area contributed by atoms with Gasteiger partial charge in [-0.15, -0.1) is 0 Å². The van der Waals surface area contributed by atoms with Crippen molar-refractivity contribution in [3.8, 4) is 0 Å². The van der Waals surface area contributed by atoms with Gasteiger partial charge in [-0.25, -0.2) is 0 Å². The number of hydrogen-bond donors (Lipinski definition) is 1. The quantitative estimate of drug-likeness (QED) is 0.341. The fourth-order valence-corrected chi connectivity index (χ4v) is 10.6. The predicted molar refractivity (Wildman–Crippen MR) is 137 cm³/mol. The summed E-state index contributed by atoms with van der Waals surface area (Å²) in [6, 6.07) is 0. The van der Waals surface area contributed by atoms with Crippen LogP contribution in [0.2, 0.25) is 0 Å². The number of aliphatic hydroxyl groups excluding tert-OH is 1. The largest absolute Gasteiger partial charge is 0.469 e. The van der Waals surface area contributed by atoms with Crippen molar-refractivity contribution in [3.05, 3.63) is 11.6 Å². The van der Waals surface area contributed by atoms with E-state index in [0.29, 0.717) is 24.0 Å². The first-order valence-corrected chi connectivity index (χ1v) is 14.1. The zero-order chi connectivity index (χ0) is 25.8. The van der Waals surface area contributed by atoms with Crippen LogP contribution in [-0.2, 0) is 14.3 Å². The Hall–Kier alpha value is -1.16. The molecule has 5 rings (SSSR count). The van der Waals surface area contributed by atoms with Gasteiger partial charge in [-0.1, -0.05) is 60.1 Å². The van der Waals surface area contributed by atoms with Crippen molar-refractivity contribution < 1.29 is 19.4 Å². The van der Waals surface area contributed by atoms with Crippen LogP contribution in [0.5, 0.6) is 0 Å². The van der Waals surface area contributed by atoms with Crippen LogP contribution in [0.1, 0.15) is 106 Å². The Labute approximate surface area is 212 Å². The number of Topliss-reactive ketones (excluding diaryl/α,β-unsaturated/α-hetero) is 1. The maximum atomic E-state index is 13.4. The number of ether oxygens (including phenoxy) is 1. The average molecular weight is 485 g/mol. The van der Waals surface area contributed by atoms with E-state index in [1.807, 2.05) is 0 Å². The lowest BCUT2D eigenvalue weighted by Gasteiger charge is -2.71. The molecule has 0 aliphatic heterocycles. The number of hydrogen-bond acceptors (Lipinski definition) is 4. The van der Waals surface area contributed by atoms with E-state index in [1.54, 1.807) is 0 Å². The van der Waals surface area contributed by atoms with Crippen molar-refractivity contribution in [2.24, 2.45) is 50.2 Å². The summed E-state index contributed by atoms with van der Waals surface area (Å²) in [6.45, 7) is 16.1. The van der Waals surface area contributed by atoms with E-state index < -0.39 is 11.5 Å². The van der Waals surface area contributed by atoms with E-state index in [4.69, 9.17) is 4.74 Å². The molecule has 5 aliphatic carbocycles. The number of fused-ring (bicyclic) bond motifs is 7. The third-order valence-corrected chi connectivity index (χ3v) is 13.2. The standard InChI is InChI=1S/C31H48O4/c1-26(2)15-17-31(25(34)35-8)18-16-29(6)19(23(31)24(26)33)9-10-21-28(5)13-12-22(32)27(3,4)20(28)11-14-30(21,29)7/h9,20-21,23-24,33H,10-18H2,1-8H3. The Morgan fingerprint density at radius 3 is 2.26 bits per heavy atom. The van der Waals surface area contributed by atoms with Gasteiger partial charge in [-0.3, -0.25) is 9.59 Å². The fraction of sp³-hybridized carbons (Fsp3) is 0.871. The van der Waals surface area contributed by atoms with Crippen LogP contribution in [0.15, 0.2) is 11.6 Å². The molecule has 1 N–H and O–H groups in total. The number of aliphatic hydroxyl groups is 1. The van der Waals surface area contributed by atoms with Gasteiger partial charge in [0, 0.05) is 17.8 Å². The van der Waals surface area contributed by atoms with Crippen LogP contribution in [0.3, 0.4) is 0 Å². The maximum absolute atomic E-state index is 13.4. The summed E-state index contributed by atoms with van der Waals surface area (Å²) in [5.41, 5.74) is 0.400. The summed E-state index contributed by atoms with van der Waals surface area (Å²) < 4.78 is 5.42. The molecule has 0 aromatic carbocycles. The molecule has 8 unspecified atom stereocenters. The Balaban J connectivity index is 1.63. The van der Waals surface area contributed by atoms with Crippen molar-refractivity contribution in [1.29, 1.82) is 0 Å². The third kappa shape index (κ3) is 2.95. The molecule has 8 atom stereocenters. The molecule has 4 heteroatoms. The fourth-order valence-electron chi connectivity index (χ4n) is 10.6. The van der Waals surface area contributed by atoms with E-state index in [2.05, 4.69) is 54.5 Å². The van der Waals surface area contributed by atoms with Gasteiger partial charge in [0.05, 0.1) is 18.6 Å². The lowest BCUT2D eigenvalue weighted by Crippen LogP contribution is -2.66. The summed E-state index contributed by atoms with van der Waals surface area (Å²) >= 11 is 0. The first kappa shape index (κ1) is 25.5. The molecule has 0 aromatic rings. The highest BCUT2D eigenvalue weighted by Crippen LogP contribution is 2.75. The summed E-state index contributed by atoms with van der Waals surface area (Å²) in [7, 11) is 1.51. The topological polar surface area (TPSA) is 63.6 Å². The molecular formula is C31H48O4. The Kier molecular flexibility index (Phi) is 5.43. The van der Waals surface area contributed by atoms with Crippen molar-refractivity contribution in [2.45, 2.75) is 112 Å². The molecule has 196 valence electrons. The minimum atomic E-state index is -0.613. The SMILES string of the molecule is COC(=O)C12CCC(C)(C)C(O)C1C1=CCC3C4(C)CCC(=O)C(C)(C)C4CCC3(C)C1(C)CC2. The second kappa shape index (κ2) is 7.45. The molecule has 4 saturated carbocycles. The highest BCUT2D eigenvalue weighted by atomic mass is 16.5. The second-order valence-corrected chi connectivity index (χ2v) is 15.0. The minimum Gasteiger partial charge on any atom is -0.469 e. The van der Waals surface area contributed by atoms with E-state index in [9.17, 15) is 14.7 Å². The van der Waals surface area contributed by atoms with E-state index in [1.165, 1.54) is 12.7 Å². The van der Waals surface area contributed by atoms with Gasteiger partial charge in [0.15, 0.2) is 0 Å². The summed E-state index contributed by atoms with van der Waals surface area (Å²) in [4.78, 5) is 26.3. The number of carbonyl (C=O) groups excluding carboxylic acids is 2. The van der Waals surface area contributed by atoms with Gasteiger partial charge >= 0.3 is 5.97 Å². The Morgan fingerprint density at radius 1 is 0.943 bits per heavy atom. The molecule has 4 nitrogen and oxygen atoms in total. The van der Waals surface area contributed by atoms with E-state index in [-0.39, 0.29) is 39.0 Å². The van der Waals surface area contributed by atoms with Gasteiger partial charge in [-0.2, -0.15) is 0 Å². The summed E-state index contributed by atoms with van der Waals surface area (Å²) in [5, 5.41) is 11.8. The zero-order valence-corrected chi connectivity index (χ0v) is 23.4. The summed E-state index contributed by atoms with van der Waals surface area (Å²) in [5.74, 6) is 1.06. The normalized spacial score (nSPS) is 50.1. The molecule has 0 amide bonds. The molecular weight excluding hydrogens is 436 g/mol. The third-order valence-electron chi connectivity index (χ3n) is 13.2. The van der Waals surface area contributed by atoms with E-state index in [0.717, 1.165) is 51.4 Å². The maximum Gasteiger partial charge on any atom is 0.312 e. The highest BCUT2D eigenvalue weighted by molar-refractivity contribution is 5.85. The number of allylic oxidation sites excluding steroid dienone is 1. The molecule has 5 aliphatic rings. The second-order valence-electron chi connectivity index (χ2n) is 15.0. The first-order valence-electron chi connectivity index (χ1n) is 14.1. The molecule has 0 spiro atoms. The van der Waals surface area contributed by atoms with Gasteiger partial charge in [0.1, 0.15) is 5.78 Å². The van der Waals surface area contributed by atoms with Crippen LogP contribution in [0, 0.1) is 50.2 Å². The van der Waals surface area contributed by atoms with Gasteiger partial charge in [0.25, 0.3) is 0 Å². The number of esters is 1. The minimum absolute atomic E-state index is 0.0634. The lowest BCUT2D eigenvalue weighted by molar-refractivity contribution is -0.200. The molecule has 0 saturated heterocycles. The smallest absolute Gasteiger partial charge is 0.312 e. The molecule has 4 fully saturated rings. The number of carbonyl (C=O) groups is 2. The average Bonchev–Trinajstić information content (AvgIpc) is 2.79. The Bertz CT molecular complexity index is 976. The van der Waals surface area contributed by atoms with Gasteiger partial charge < -0.3 is 9.84 Å². The van der Waals surface area contributed by atoms with Crippen molar-refractivity contribution in [1.82, 2.24) is 0 Å². The predicted octanol–water partition coefficient (Wildman–Crippen LogP) is 6.50. The van der Waals surface area contributed by atoms with Crippen molar-refractivity contribution in [3.63, 3.8) is 0 Å². The van der Waals surface area contributed by atoms with E-state index >= 15 is 0 Å². The summed E-state index contributed by atoms with van der Waals surface area (Å²) in [6.07, 6.45) is 10.2. The van der Waals surface area contributed by atoms with Crippen LogP contribution < -0.4 is 0 Å². The zero-order valence-electron chi connectivity index (χ0n) is 23.4. The Morgan fingerprint density at radius 2 is 1.60 bits per heavy atom. The van der Waals surface area contributed by atoms with Gasteiger partial charge in [-0.05, 0) is 84.9 Å². The number of methoxy groups -OCH3 is 1. The molecule has 0 radical (unpaired) electrons. The van der Waals surface area contributed by atoms with Crippen LogP contribution in [0.4, 0.5) is 0 Å². The van der Waals surface area contributed by atoms with Gasteiger partial charge in [0.2, 0.25) is 0 Å². The van der Waals surface area contributed by atoms with Crippen LogP contribution in [0.25, 0.3) is 0 Å². The van der Waals surface area contributed by atoms with Crippen LogP contribution >= 0.6 is 0 Å². The molecule has 0 aromatic heterocycles. The molecule has 0 bridgehead atoms. The molecule has 0 heterocycles. The number of rotatable bonds is 1. The number of ketones is 1. The monoisotopic (exact) mass is 484 g/mol. The lowest BCUT2D eigenvalue weighted by atomic mass is 9.33. The van der Waals surface area contributed by atoms with Crippen molar-refractivity contribution in [2.75, 3.05) is 7.11 Å². The first-order chi connectivity index (χ1) is 16.1. The van der Waals surface area contributed by atoms with Crippen LogP contribution in [-0.4, -0.2) is 30.1 Å². The van der Waals surface area contributed by atoms with Crippen molar-refractivity contribution >= 4 is 11.8 Å².